The van der Waals surface area contributed by atoms with Gasteiger partial charge in [-0.25, -0.2) is 0 Å². The molecule has 0 aliphatic heterocycles. The quantitative estimate of drug-likeness (QED) is 0.825. The molecular weight excluding hydrogens is 252 g/mol. The van der Waals surface area contributed by atoms with Crippen molar-refractivity contribution in [1.29, 1.82) is 0 Å². The fraction of sp³-hybridized carbons (Fsp3) is 0.562. The van der Waals surface area contributed by atoms with E-state index in [0.29, 0.717) is 0 Å². The molecule has 2 atom stereocenters. The molecule has 4 nitrogen and oxygen atoms in total. The van der Waals surface area contributed by atoms with E-state index in [2.05, 4.69) is 5.32 Å². The number of rotatable bonds is 4. The third kappa shape index (κ3) is 2.29. The fourth-order valence-corrected chi connectivity index (χ4v) is 3.25. The van der Waals surface area contributed by atoms with E-state index in [4.69, 9.17) is 10.5 Å². The Labute approximate surface area is 119 Å². The molecule has 0 spiro atoms. The molecule has 2 aliphatic rings. The standard InChI is InChI=1S/C16H22N2O2/c1-20-14-4-2-3-13(14)18-15(19)16(9-10-16)11-5-7-12(17)8-6-11/h5-8,13-14H,2-4,9-10,17H2,1H3,(H,18,19). The van der Waals surface area contributed by atoms with E-state index in [1.807, 2.05) is 24.3 Å². The van der Waals surface area contributed by atoms with E-state index in [0.717, 1.165) is 43.4 Å². The predicted octanol–water partition coefficient (Wildman–Crippen LogP) is 1.98. The normalized spacial score (nSPS) is 27.2. The molecule has 1 aromatic carbocycles. The summed E-state index contributed by atoms with van der Waals surface area (Å²) in [5.41, 5.74) is 7.21. The topological polar surface area (TPSA) is 64.3 Å². The number of nitrogens with one attached hydrogen (secondary N) is 1. The lowest BCUT2D eigenvalue weighted by molar-refractivity contribution is -0.125. The molecule has 0 radical (unpaired) electrons. The van der Waals surface area contributed by atoms with Crippen molar-refractivity contribution < 1.29 is 9.53 Å². The number of anilines is 1. The van der Waals surface area contributed by atoms with Gasteiger partial charge in [0.15, 0.2) is 0 Å². The zero-order valence-corrected chi connectivity index (χ0v) is 11.9. The fourth-order valence-electron chi connectivity index (χ4n) is 3.25. The molecule has 1 amide bonds. The highest BCUT2D eigenvalue weighted by atomic mass is 16.5. The summed E-state index contributed by atoms with van der Waals surface area (Å²) in [5, 5.41) is 3.20. The molecular formula is C16H22N2O2. The number of methoxy groups -OCH3 is 1. The van der Waals surface area contributed by atoms with Gasteiger partial charge in [0.05, 0.1) is 17.6 Å². The number of carbonyl (C=O) groups is 1. The van der Waals surface area contributed by atoms with Crippen LogP contribution in [0.2, 0.25) is 0 Å². The number of hydrogen-bond donors (Lipinski definition) is 2. The van der Waals surface area contributed by atoms with E-state index in [1.54, 1.807) is 7.11 Å². The third-order valence-electron chi connectivity index (χ3n) is 4.72. The maximum Gasteiger partial charge on any atom is 0.230 e. The van der Waals surface area contributed by atoms with Crippen LogP contribution < -0.4 is 11.1 Å². The van der Waals surface area contributed by atoms with Crippen LogP contribution in [0.15, 0.2) is 24.3 Å². The third-order valence-corrected chi connectivity index (χ3v) is 4.72. The van der Waals surface area contributed by atoms with Crippen LogP contribution in [0.1, 0.15) is 37.7 Å². The van der Waals surface area contributed by atoms with Crippen molar-refractivity contribution in [2.24, 2.45) is 0 Å². The minimum Gasteiger partial charge on any atom is -0.399 e. The molecule has 108 valence electrons. The molecule has 3 rings (SSSR count). The lowest BCUT2D eigenvalue weighted by Gasteiger charge is -2.23. The number of benzene rings is 1. The van der Waals surface area contributed by atoms with Gasteiger partial charge in [0, 0.05) is 12.8 Å². The Balaban J connectivity index is 1.72. The summed E-state index contributed by atoms with van der Waals surface area (Å²) in [5.74, 6) is 0.149. The average Bonchev–Trinajstić information content (AvgIpc) is 3.15. The smallest absolute Gasteiger partial charge is 0.230 e. The number of ether oxygens (including phenoxy) is 1. The van der Waals surface area contributed by atoms with Gasteiger partial charge < -0.3 is 15.8 Å². The number of nitrogen functional groups attached to an aromatic ring is 1. The summed E-state index contributed by atoms with van der Waals surface area (Å²) in [6.45, 7) is 0. The molecule has 20 heavy (non-hydrogen) atoms. The Kier molecular flexibility index (Phi) is 3.42. The van der Waals surface area contributed by atoms with Gasteiger partial charge in [0.2, 0.25) is 5.91 Å². The number of hydrogen-bond acceptors (Lipinski definition) is 3. The van der Waals surface area contributed by atoms with Crippen molar-refractivity contribution in [2.45, 2.75) is 49.7 Å². The van der Waals surface area contributed by atoms with E-state index in [9.17, 15) is 4.79 Å². The summed E-state index contributed by atoms with van der Waals surface area (Å²) >= 11 is 0. The molecule has 0 bridgehead atoms. The SMILES string of the molecule is COC1CCCC1NC(=O)C1(c2ccc(N)cc2)CC1. The van der Waals surface area contributed by atoms with Gasteiger partial charge in [0.1, 0.15) is 0 Å². The summed E-state index contributed by atoms with van der Waals surface area (Å²) in [6.07, 6.45) is 5.19. The van der Waals surface area contributed by atoms with Crippen molar-refractivity contribution in [3.63, 3.8) is 0 Å². The monoisotopic (exact) mass is 274 g/mol. The van der Waals surface area contributed by atoms with Crippen molar-refractivity contribution >= 4 is 11.6 Å². The van der Waals surface area contributed by atoms with E-state index in [-0.39, 0.29) is 23.5 Å². The summed E-state index contributed by atoms with van der Waals surface area (Å²) in [4.78, 5) is 12.6. The van der Waals surface area contributed by atoms with Crippen LogP contribution in [0, 0.1) is 0 Å². The van der Waals surface area contributed by atoms with Crippen molar-refractivity contribution in [3.05, 3.63) is 29.8 Å². The molecule has 2 fully saturated rings. The predicted molar refractivity (Wildman–Crippen MR) is 78.3 cm³/mol. The van der Waals surface area contributed by atoms with Gasteiger partial charge in [0.25, 0.3) is 0 Å². The van der Waals surface area contributed by atoms with Crippen LogP contribution >= 0.6 is 0 Å². The largest absolute Gasteiger partial charge is 0.399 e. The molecule has 4 heteroatoms. The van der Waals surface area contributed by atoms with Crippen LogP contribution in [-0.4, -0.2) is 25.2 Å². The maximum atomic E-state index is 12.6. The number of amides is 1. The Morgan fingerprint density at radius 2 is 2.00 bits per heavy atom. The van der Waals surface area contributed by atoms with Crippen LogP contribution in [0.5, 0.6) is 0 Å². The van der Waals surface area contributed by atoms with Gasteiger partial charge in [-0.15, -0.1) is 0 Å². The molecule has 2 unspecified atom stereocenters. The van der Waals surface area contributed by atoms with Gasteiger partial charge >= 0.3 is 0 Å². The molecule has 2 saturated carbocycles. The Hall–Kier alpha value is -1.55. The second kappa shape index (κ2) is 5.09. The van der Waals surface area contributed by atoms with Gasteiger partial charge in [-0.2, -0.15) is 0 Å². The van der Waals surface area contributed by atoms with Crippen LogP contribution in [0.25, 0.3) is 0 Å². The van der Waals surface area contributed by atoms with Gasteiger partial charge in [-0.1, -0.05) is 12.1 Å². The summed E-state index contributed by atoms with van der Waals surface area (Å²) in [7, 11) is 1.72. The molecule has 0 saturated heterocycles. The van der Waals surface area contributed by atoms with Crippen LogP contribution in [0.3, 0.4) is 0 Å². The lowest BCUT2D eigenvalue weighted by Crippen LogP contribution is -2.45. The zero-order valence-electron chi connectivity index (χ0n) is 11.9. The van der Waals surface area contributed by atoms with Crippen molar-refractivity contribution in [1.82, 2.24) is 5.32 Å². The van der Waals surface area contributed by atoms with E-state index < -0.39 is 0 Å². The first-order chi connectivity index (χ1) is 9.65. The molecule has 1 aromatic rings. The van der Waals surface area contributed by atoms with Gasteiger partial charge in [-0.05, 0) is 49.8 Å². The molecule has 0 aromatic heterocycles. The summed E-state index contributed by atoms with van der Waals surface area (Å²) < 4.78 is 5.45. The Morgan fingerprint density at radius 3 is 2.60 bits per heavy atom. The first-order valence-electron chi connectivity index (χ1n) is 7.35. The number of carbonyl (C=O) groups excluding carboxylic acids is 1. The zero-order chi connectivity index (χ0) is 14.2. The highest BCUT2D eigenvalue weighted by Crippen LogP contribution is 2.48. The van der Waals surface area contributed by atoms with Crippen LogP contribution in [0.4, 0.5) is 5.69 Å². The Morgan fingerprint density at radius 1 is 1.30 bits per heavy atom. The minimum absolute atomic E-state index is 0.149. The second-order valence-corrected chi connectivity index (χ2v) is 5.99. The highest BCUT2D eigenvalue weighted by Gasteiger charge is 2.52. The maximum absolute atomic E-state index is 12.6. The minimum atomic E-state index is -0.325. The van der Waals surface area contributed by atoms with Gasteiger partial charge in [-0.3, -0.25) is 4.79 Å². The second-order valence-electron chi connectivity index (χ2n) is 5.99. The molecule has 0 heterocycles. The van der Waals surface area contributed by atoms with Crippen molar-refractivity contribution in [3.8, 4) is 0 Å². The van der Waals surface area contributed by atoms with Crippen LogP contribution in [-0.2, 0) is 14.9 Å². The highest BCUT2D eigenvalue weighted by molar-refractivity contribution is 5.91. The molecule has 2 aliphatic carbocycles. The lowest BCUT2D eigenvalue weighted by atomic mass is 9.94. The van der Waals surface area contributed by atoms with E-state index in [1.165, 1.54) is 0 Å². The Bertz CT molecular complexity index is 494. The number of nitrogens with two attached hydrogens (primary N) is 1. The van der Waals surface area contributed by atoms with E-state index >= 15 is 0 Å². The summed E-state index contributed by atoms with van der Waals surface area (Å²) in [6, 6.07) is 7.86. The molecule has 3 N–H and O–H groups in total. The van der Waals surface area contributed by atoms with Crippen molar-refractivity contribution in [2.75, 3.05) is 12.8 Å². The average molecular weight is 274 g/mol. The first kappa shape index (κ1) is 13.4. The first-order valence-corrected chi connectivity index (χ1v) is 7.35.